The monoisotopic (exact) mass is 904 g/mol. The van der Waals surface area contributed by atoms with Crippen LogP contribution in [0.5, 0.6) is 0 Å². The topological polar surface area (TPSA) is 181 Å². The van der Waals surface area contributed by atoms with Gasteiger partial charge in [0.25, 0.3) is 5.91 Å². The molecule has 6 heterocycles. The number of benzene rings is 2. The Balaban J connectivity index is 0.000000174. The molecule has 63 heavy (non-hydrogen) atoms. The first-order valence-electron chi connectivity index (χ1n) is 18.7. The zero-order valence-electron chi connectivity index (χ0n) is 33.9. The third-order valence-electron chi connectivity index (χ3n) is 10.6. The molecule has 2 aromatic carbocycles. The van der Waals surface area contributed by atoms with E-state index in [4.69, 9.17) is 5.11 Å². The number of carboxylic acids is 1. The van der Waals surface area contributed by atoms with Gasteiger partial charge in [-0.2, -0.15) is 36.5 Å². The van der Waals surface area contributed by atoms with Crippen molar-refractivity contribution in [3.63, 3.8) is 0 Å². The minimum atomic E-state index is -4.94. The van der Waals surface area contributed by atoms with Crippen LogP contribution in [0, 0.1) is 23.3 Å². The molecule has 2 aliphatic rings. The maximum atomic E-state index is 13.7. The zero-order valence-corrected chi connectivity index (χ0v) is 33.9. The number of aromatic carboxylic acids is 1. The van der Waals surface area contributed by atoms with E-state index in [9.17, 15) is 63.7 Å². The number of carboxylic acid groups (broad SMARTS) is 1. The van der Waals surface area contributed by atoms with E-state index in [0.29, 0.717) is 31.4 Å². The molecule has 4 aromatic heterocycles. The standard InChI is InChI=1S/C19H18F5N5O2.C10H14F3N3O.C9H6F2N2O2/c1-9-7-28(8-10-6-25-17(29(9)10)18(2,31)19(22,23)24)16(30)15-11-4-12(20)13(21)5-14(11)26-27(15)3;1-6-3-14-4-7-5-15-8(16(6)7)9(2,17)10(11,12)13;1-13-8(9(14)15)4-2-5(10)6(11)3-7(4)12-13/h4-6,9,31H,7-8H2,1-3H3;5-6,14,17H,3-4H2,1-2H3;2-3H,1H3,(H,14,15)/t9-,18+;6-,9+;/m00./s1. The first-order valence-corrected chi connectivity index (χ1v) is 18.7. The summed E-state index contributed by atoms with van der Waals surface area (Å²) in [6, 6.07) is 2.69. The number of nitrogens with zero attached hydrogens (tertiary/aromatic N) is 9. The highest BCUT2D eigenvalue weighted by Crippen LogP contribution is 2.41. The molecule has 0 bridgehead atoms. The summed E-state index contributed by atoms with van der Waals surface area (Å²) in [7, 11) is 2.86. The molecule has 4 atom stereocenters. The maximum absolute atomic E-state index is 13.7. The first-order chi connectivity index (χ1) is 29.1. The van der Waals surface area contributed by atoms with Gasteiger partial charge in [0.05, 0.1) is 41.2 Å². The van der Waals surface area contributed by atoms with Crippen LogP contribution in [0.15, 0.2) is 36.7 Å². The average Bonchev–Trinajstić information content (AvgIpc) is 3.95. The molecule has 6 aromatic rings. The zero-order chi connectivity index (χ0) is 46.9. The molecule has 4 N–H and O–H groups in total. The lowest BCUT2D eigenvalue weighted by atomic mass is 10.0. The number of aryl methyl sites for hydroxylation is 2. The van der Waals surface area contributed by atoms with Crippen molar-refractivity contribution in [3.8, 4) is 0 Å². The normalized spacial score (nSPS) is 18.4. The third-order valence-corrected chi connectivity index (χ3v) is 10.6. The summed E-state index contributed by atoms with van der Waals surface area (Å²) in [5.41, 5.74) is -5.04. The molecule has 8 rings (SSSR count). The Morgan fingerprint density at radius 1 is 0.698 bits per heavy atom. The molecule has 0 fully saturated rings. The molecule has 0 aliphatic carbocycles. The molecule has 0 radical (unpaired) electrons. The molecule has 15 nitrogen and oxygen atoms in total. The van der Waals surface area contributed by atoms with E-state index in [0.717, 1.165) is 35.9 Å². The summed E-state index contributed by atoms with van der Waals surface area (Å²) in [6.07, 6.45) is -7.12. The quantitative estimate of drug-likeness (QED) is 0.156. The van der Waals surface area contributed by atoms with Crippen molar-refractivity contribution in [3.05, 3.63) is 94.4 Å². The van der Waals surface area contributed by atoms with E-state index in [1.54, 1.807) is 13.8 Å². The molecular formula is C38H38F10N10O5. The number of rotatable bonds is 4. The smallest absolute Gasteiger partial charge is 0.424 e. The Kier molecular flexibility index (Phi) is 12.0. The van der Waals surface area contributed by atoms with Crippen molar-refractivity contribution in [1.82, 2.24) is 48.9 Å². The summed E-state index contributed by atoms with van der Waals surface area (Å²) in [4.78, 5) is 32.9. The van der Waals surface area contributed by atoms with Gasteiger partial charge in [0.2, 0.25) is 11.2 Å². The molecule has 25 heteroatoms. The second-order valence-electron chi connectivity index (χ2n) is 15.4. The number of alkyl halides is 6. The number of carbonyl (C=O) groups is 2. The minimum absolute atomic E-state index is 0.0134. The van der Waals surface area contributed by atoms with Crippen molar-refractivity contribution < 1.29 is 68.8 Å². The molecule has 1 amide bonds. The SMILES string of the molecule is C[C@H]1CN(C(=O)c2c3cc(F)c(F)cc3nn2C)Cc2cnc([C@@](C)(O)C(F)(F)F)n21.C[C@H]1CNCc2cnc([C@@](C)(O)C(F)(F)F)n21.Cn1nc2cc(F)c(F)cc2c1C(=O)O. The number of aliphatic hydroxyl groups is 2. The van der Waals surface area contributed by atoms with Crippen LogP contribution >= 0.6 is 0 Å². The van der Waals surface area contributed by atoms with Gasteiger partial charge < -0.3 is 34.7 Å². The fraction of sp³-hybridized carbons (Fsp3) is 0.421. The van der Waals surface area contributed by atoms with Crippen molar-refractivity contribution in [2.45, 2.75) is 76.4 Å². The molecule has 0 saturated carbocycles. The predicted octanol–water partition coefficient (Wildman–Crippen LogP) is 5.90. The van der Waals surface area contributed by atoms with Gasteiger partial charge in [-0.3, -0.25) is 14.2 Å². The lowest BCUT2D eigenvalue weighted by Crippen LogP contribution is -2.46. The highest BCUT2D eigenvalue weighted by molar-refractivity contribution is 6.05. The molecule has 340 valence electrons. The van der Waals surface area contributed by atoms with E-state index >= 15 is 0 Å². The van der Waals surface area contributed by atoms with Crippen molar-refractivity contribution >= 4 is 33.7 Å². The van der Waals surface area contributed by atoms with Gasteiger partial charge in [0, 0.05) is 68.9 Å². The van der Waals surface area contributed by atoms with Crippen molar-refractivity contribution in [2.24, 2.45) is 14.1 Å². The fourth-order valence-corrected chi connectivity index (χ4v) is 7.36. The van der Waals surface area contributed by atoms with Crippen LogP contribution in [0.3, 0.4) is 0 Å². The fourth-order valence-electron chi connectivity index (χ4n) is 7.36. The van der Waals surface area contributed by atoms with Crippen LogP contribution in [0.2, 0.25) is 0 Å². The Hall–Kier alpha value is -6.08. The highest BCUT2D eigenvalue weighted by atomic mass is 19.4. The van der Waals surface area contributed by atoms with E-state index in [-0.39, 0.29) is 58.1 Å². The number of imidazole rings is 2. The van der Waals surface area contributed by atoms with E-state index in [1.807, 2.05) is 0 Å². The van der Waals surface area contributed by atoms with Gasteiger partial charge in [0.1, 0.15) is 5.69 Å². The average molecular weight is 905 g/mol. The Morgan fingerprint density at radius 3 is 1.60 bits per heavy atom. The van der Waals surface area contributed by atoms with Gasteiger partial charge in [-0.25, -0.2) is 32.3 Å². The maximum Gasteiger partial charge on any atom is 0.424 e. The van der Waals surface area contributed by atoms with Gasteiger partial charge in [-0.05, 0) is 39.8 Å². The van der Waals surface area contributed by atoms with Crippen LogP contribution in [0.25, 0.3) is 21.8 Å². The summed E-state index contributed by atoms with van der Waals surface area (Å²) < 4.78 is 136. The Bertz CT molecular complexity index is 2730. The molecular weight excluding hydrogens is 866 g/mol. The van der Waals surface area contributed by atoms with Crippen molar-refractivity contribution in [2.75, 3.05) is 13.1 Å². The van der Waals surface area contributed by atoms with Gasteiger partial charge >= 0.3 is 18.3 Å². The van der Waals surface area contributed by atoms with E-state index in [2.05, 4.69) is 25.5 Å². The van der Waals surface area contributed by atoms with Gasteiger partial charge in [0.15, 0.2) is 40.6 Å². The Morgan fingerprint density at radius 2 is 1.13 bits per heavy atom. The van der Waals surface area contributed by atoms with E-state index < -0.39 is 70.6 Å². The summed E-state index contributed by atoms with van der Waals surface area (Å²) in [6.45, 7) is 5.69. The number of hydrogen-bond donors (Lipinski definition) is 4. The molecule has 0 unspecified atom stereocenters. The Labute approximate surface area is 349 Å². The van der Waals surface area contributed by atoms with Crippen LogP contribution in [0.1, 0.15) is 83.8 Å². The lowest BCUT2D eigenvalue weighted by molar-refractivity contribution is -0.263. The number of nitrogens with one attached hydrogen (secondary N) is 1. The van der Waals surface area contributed by atoms with Crippen LogP contribution < -0.4 is 5.32 Å². The first kappa shape index (κ1) is 46.4. The van der Waals surface area contributed by atoms with Gasteiger partial charge in [-0.15, -0.1) is 0 Å². The van der Waals surface area contributed by atoms with E-state index in [1.165, 1.54) is 45.2 Å². The lowest BCUT2D eigenvalue weighted by Gasteiger charge is -2.36. The second kappa shape index (κ2) is 16.2. The molecule has 2 aliphatic heterocycles. The number of halogens is 10. The summed E-state index contributed by atoms with van der Waals surface area (Å²) in [5, 5.41) is 39.6. The predicted molar refractivity (Wildman–Crippen MR) is 200 cm³/mol. The summed E-state index contributed by atoms with van der Waals surface area (Å²) in [5.74, 6) is -7.02. The number of fused-ring (bicyclic) bond motifs is 4. The van der Waals surface area contributed by atoms with Crippen molar-refractivity contribution in [1.29, 1.82) is 0 Å². The largest absolute Gasteiger partial charge is 0.477 e. The van der Waals surface area contributed by atoms with Crippen LogP contribution in [0.4, 0.5) is 43.9 Å². The minimum Gasteiger partial charge on any atom is -0.477 e. The molecule has 0 spiro atoms. The summed E-state index contributed by atoms with van der Waals surface area (Å²) >= 11 is 0. The second-order valence-corrected chi connectivity index (χ2v) is 15.4. The third kappa shape index (κ3) is 8.30. The van der Waals surface area contributed by atoms with Crippen LogP contribution in [-0.2, 0) is 38.4 Å². The number of hydrogen-bond acceptors (Lipinski definition) is 9. The van der Waals surface area contributed by atoms with Gasteiger partial charge in [-0.1, -0.05) is 0 Å². The van der Waals surface area contributed by atoms with Crippen LogP contribution in [-0.4, -0.2) is 96.2 Å². The number of carbonyl (C=O) groups excluding carboxylic acids is 1. The molecule has 0 saturated heterocycles. The number of aromatic nitrogens is 8. The highest BCUT2D eigenvalue weighted by Gasteiger charge is 2.56. The number of amides is 1.